The molecule has 1 heterocycles. The summed E-state index contributed by atoms with van der Waals surface area (Å²) in [5.74, 6) is 0.756. The highest BCUT2D eigenvalue weighted by molar-refractivity contribution is 5.74. The summed E-state index contributed by atoms with van der Waals surface area (Å²) in [5, 5.41) is 12.0. The Labute approximate surface area is 107 Å². The number of benzene rings is 1. The molecule has 0 spiro atoms. The van der Waals surface area contributed by atoms with Gasteiger partial charge in [0.2, 0.25) is 0 Å². The zero-order valence-corrected chi connectivity index (χ0v) is 11.1. The van der Waals surface area contributed by atoms with E-state index in [9.17, 15) is 0 Å². The van der Waals surface area contributed by atoms with Gasteiger partial charge in [0.15, 0.2) is 5.82 Å². The van der Waals surface area contributed by atoms with Gasteiger partial charge in [-0.1, -0.05) is 25.5 Å². The number of aromatic nitrogens is 4. The maximum absolute atomic E-state index is 6.05. The van der Waals surface area contributed by atoms with Crippen molar-refractivity contribution < 1.29 is 0 Å². The molecule has 5 nitrogen and oxygen atoms in total. The summed E-state index contributed by atoms with van der Waals surface area (Å²) in [6.45, 7) is 6.30. The van der Waals surface area contributed by atoms with Crippen LogP contribution in [0.25, 0.3) is 11.4 Å². The molecule has 1 atom stereocenters. The van der Waals surface area contributed by atoms with Crippen LogP contribution >= 0.6 is 0 Å². The first-order valence-corrected chi connectivity index (χ1v) is 6.28. The van der Waals surface area contributed by atoms with E-state index in [0.29, 0.717) is 0 Å². The van der Waals surface area contributed by atoms with Gasteiger partial charge in [-0.25, -0.2) is 4.68 Å². The second kappa shape index (κ2) is 5.16. The molecule has 0 aliphatic rings. The second-order valence-corrected chi connectivity index (χ2v) is 4.62. The molecule has 5 heteroatoms. The number of tetrazole rings is 1. The lowest BCUT2D eigenvalue weighted by molar-refractivity contribution is 0.447. The van der Waals surface area contributed by atoms with Crippen molar-refractivity contribution in [3.8, 4) is 11.4 Å². The van der Waals surface area contributed by atoms with Crippen LogP contribution in [0.3, 0.4) is 0 Å². The van der Waals surface area contributed by atoms with E-state index in [-0.39, 0.29) is 6.04 Å². The molecule has 2 rings (SSSR count). The van der Waals surface area contributed by atoms with Crippen molar-refractivity contribution >= 4 is 5.69 Å². The van der Waals surface area contributed by atoms with Crippen LogP contribution < -0.4 is 5.73 Å². The Morgan fingerprint density at radius 3 is 2.83 bits per heavy atom. The normalized spacial score (nSPS) is 12.6. The first kappa shape index (κ1) is 12.5. The fourth-order valence-electron chi connectivity index (χ4n) is 2.19. The van der Waals surface area contributed by atoms with E-state index >= 15 is 0 Å². The molecule has 2 N–H and O–H groups in total. The van der Waals surface area contributed by atoms with Crippen molar-refractivity contribution in [3.63, 3.8) is 0 Å². The smallest absolute Gasteiger partial charge is 0.184 e. The predicted molar refractivity (Wildman–Crippen MR) is 72.0 cm³/mol. The largest absolute Gasteiger partial charge is 0.398 e. The minimum Gasteiger partial charge on any atom is -0.398 e. The third-order valence-electron chi connectivity index (χ3n) is 3.15. The molecule has 0 saturated heterocycles. The van der Waals surface area contributed by atoms with Crippen molar-refractivity contribution in [2.75, 3.05) is 5.73 Å². The maximum Gasteiger partial charge on any atom is 0.184 e. The quantitative estimate of drug-likeness (QED) is 0.840. The number of rotatable bonds is 4. The van der Waals surface area contributed by atoms with Gasteiger partial charge in [-0.05, 0) is 42.3 Å². The fraction of sp³-hybridized carbons (Fsp3) is 0.462. The van der Waals surface area contributed by atoms with Crippen LogP contribution in [0, 0.1) is 6.92 Å². The van der Waals surface area contributed by atoms with Gasteiger partial charge in [-0.15, -0.1) is 5.10 Å². The topological polar surface area (TPSA) is 69.6 Å². The van der Waals surface area contributed by atoms with Crippen molar-refractivity contribution in [2.45, 2.75) is 39.7 Å². The Hall–Kier alpha value is -1.91. The number of nitrogens with zero attached hydrogens (tertiary/aromatic N) is 4. The second-order valence-electron chi connectivity index (χ2n) is 4.62. The summed E-state index contributed by atoms with van der Waals surface area (Å²) in [5.41, 5.74) is 8.79. The maximum atomic E-state index is 6.05. The van der Waals surface area contributed by atoms with E-state index < -0.39 is 0 Å². The minimum atomic E-state index is 0.277. The van der Waals surface area contributed by atoms with Gasteiger partial charge in [-0.3, -0.25) is 0 Å². The van der Waals surface area contributed by atoms with E-state index in [1.807, 2.05) is 29.8 Å². The van der Waals surface area contributed by atoms with Gasteiger partial charge in [0, 0.05) is 11.3 Å². The Bertz CT molecular complexity index is 512. The monoisotopic (exact) mass is 245 g/mol. The summed E-state index contributed by atoms with van der Waals surface area (Å²) >= 11 is 0. The number of nitrogen functional groups attached to an aromatic ring is 1. The van der Waals surface area contributed by atoms with Crippen LogP contribution in [0.4, 0.5) is 5.69 Å². The third kappa shape index (κ3) is 2.20. The number of anilines is 1. The van der Waals surface area contributed by atoms with E-state index in [2.05, 4.69) is 29.4 Å². The van der Waals surface area contributed by atoms with Crippen molar-refractivity contribution in [1.82, 2.24) is 20.2 Å². The lowest BCUT2D eigenvalue weighted by Gasteiger charge is -2.14. The summed E-state index contributed by atoms with van der Waals surface area (Å²) in [6.07, 6.45) is 2.15. The highest BCUT2D eigenvalue weighted by atomic mass is 15.5. The number of hydrogen-bond donors (Lipinski definition) is 1. The van der Waals surface area contributed by atoms with E-state index in [1.54, 1.807) is 0 Å². The fourth-order valence-corrected chi connectivity index (χ4v) is 2.19. The lowest BCUT2D eigenvalue weighted by atomic mass is 10.1. The van der Waals surface area contributed by atoms with Crippen LogP contribution in [0.15, 0.2) is 18.2 Å². The molecule has 0 radical (unpaired) electrons. The van der Waals surface area contributed by atoms with E-state index in [0.717, 1.165) is 35.5 Å². The van der Waals surface area contributed by atoms with Gasteiger partial charge < -0.3 is 5.73 Å². The molecule has 1 aromatic carbocycles. The average Bonchev–Trinajstić information content (AvgIpc) is 2.78. The molecule has 0 amide bonds. The SMILES string of the molecule is CCCC(C)n1nnnc1-c1c(C)cccc1N. The van der Waals surface area contributed by atoms with Crippen LogP contribution in [-0.2, 0) is 0 Å². The summed E-state index contributed by atoms with van der Waals surface area (Å²) in [7, 11) is 0. The molecule has 0 bridgehead atoms. The molecule has 2 aromatic rings. The zero-order chi connectivity index (χ0) is 13.1. The summed E-state index contributed by atoms with van der Waals surface area (Å²) in [4.78, 5) is 0. The summed E-state index contributed by atoms with van der Waals surface area (Å²) < 4.78 is 1.86. The van der Waals surface area contributed by atoms with Gasteiger partial charge >= 0.3 is 0 Å². The van der Waals surface area contributed by atoms with Crippen molar-refractivity contribution in [1.29, 1.82) is 0 Å². The van der Waals surface area contributed by atoms with E-state index in [4.69, 9.17) is 5.73 Å². The average molecular weight is 245 g/mol. The van der Waals surface area contributed by atoms with Gasteiger partial charge in [0.05, 0.1) is 6.04 Å². The standard InChI is InChI=1S/C13H19N5/c1-4-6-10(3)18-13(15-16-17-18)12-9(2)7-5-8-11(12)14/h5,7-8,10H,4,6,14H2,1-3H3. The lowest BCUT2D eigenvalue weighted by Crippen LogP contribution is -2.10. The molecule has 1 aromatic heterocycles. The highest BCUT2D eigenvalue weighted by Gasteiger charge is 2.17. The van der Waals surface area contributed by atoms with Crippen molar-refractivity contribution in [2.24, 2.45) is 0 Å². The third-order valence-corrected chi connectivity index (χ3v) is 3.15. The first-order chi connectivity index (χ1) is 8.65. The van der Waals surface area contributed by atoms with Crippen LogP contribution in [-0.4, -0.2) is 20.2 Å². The molecule has 96 valence electrons. The number of hydrogen-bond acceptors (Lipinski definition) is 4. The number of aryl methyl sites for hydroxylation is 1. The van der Waals surface area contributed by atoms with Crippen LogP contribution in [0.2, 0.25) is 0 Å². The Morgan fingerprint density at radius 1 is 1.39 bits per heavy atom. The molecule has 0 aliphatic carbocycles. The molecule has 0 aliphatic heterocycles. The number of nitrogens with two attached hydrogens (primary N) is 1. The minimum absolute atomic E-state index is 0.277. The van der Waals surface area contributed by atoms with Crippen LogP contribution in [0.1, 0.15) is 38.3 Å². The Kier molecular flexibility index (Phi) is 3.60. The molecule has 0 saturated carbocycles. The zero-order valence-electron chi connectivity index (χ0n) is 11.1. The Balaban J connectivity index is 2.49. The highest BCUT2D eigenvalue weighted by Crippen LogP contribution is 2.29. The summed E-state index contributed by atoms with van der Waals surface area (Å²) in [6, 6.07) is 6.12. The van der Waals surface area contributed by atoms with E-state index in [1.165, 1.54) is 0 Å². The Morgan fingerprint density at radius 2 is 2.17 bits per heavy atom. The molecule has 18 heavy (non-hydrogen) atoms. The predicted octanol–water partition coefficient (Wildman–Crippen LogP) is 2.59. The van der Waals surface area contributed by atoms with Crippen LogP contribution in [0.5, 0.6) is 0 Å². The molecule has 1 unspecified atom stereocenters. The molecular weight excluding hydrogens is 226 g/mol. The van der Waals surface area contributed by atoms with Crippen molar-refractivity contribution in [3.05, 3.63) is 23.8 Å². The van der Waals surface area contributed by atoms with Gasteiger partial charge in [0.25, 0.3) is 0 Å². The molecule has 0 fully saturated rings. The van der Waals surface area contributed by atoms with Gasteiger partial charge in [0.1, 0.15) is 0 Å². The van der Waals surface area contributed by atoms with Gasteiger partial charge in [-0.2, -0.15) is 0 Å². The first-order valence-electron chi connectivity index (χ1n) is 6.28. The molecular formula is C13H19N5.